The number of nitrogens with two attached hydrogens (primary N) is 1. The predicted molar refractivity (Wildman–Crippen MR) is 177 cm³/mol. The van der Waals surface area contributed by atoms with Crippen LogP contribution in [-0.2, 0) is 21.5 Å². The van der Waals surface area contributed by atoms with Crippen LogP contribution >= 0.6 is 0 Å². The molecule has 1 aliphatic carbocycles. The lowest BCUT2D eigenvalue weighted by atomic mass is 9.80. The van der Waals surface area contributed by atoms with Gasteiger partial charge in [-0.3, -0.25) is 18.9 Å². The Hall–Kier alpha value is -4.55. The van der Waals surface area contributed by atoms with E-state index in [4.69, 9.17) is 20.2 Å². The highest BCUT2D eigenvalue weighted by atomic mass is 19.1. The molecule has 6 rings (SSSR count). The molecular weight excluding hydrogens is 601 g/mol. The summed E-state index contributed by atoms with van der Waals surface area (Å²) in [4.78, 5) is 37.1. The van der Waals surface area contributed by atoms with Crippen molar-refractivity contribution in [2.75, 3.05) is 52.2 Å². The van der Waals surface area contributed by atoms with E-state index in [1.807, 2.05) is 30.5 Å². The molecule has 2 aliphatic rings. The van der Waals surface area contributed by atoms with Gasteiger partial charge in [-0.15, -0.1) is 0 Å². The SMILES string of the molecule is COc1ccc(F)cc1C(=O)NCc1ccc(-c2nc(C3(CCCNC(=O)CN4CCOCC4)CCCC3)n3ccnc(N)c23)cc1. The molecule has 4 aromatic rings. The number of benzene rings is 2. The van der Waals surface area contributed by atoms with E-state index in [0.717, 1.165) is 85.8 Å². The molecular formula is C35H42FN7O4. The van der Waals surface area contributed by atoms with Gasteiger partial charge in [0.05, 0.1) is 32.4 Å². The number of nitrogens with one attached hydrogen (secondary N) is 2. The van der Waals surface area contributed by atoms with Gasteiger partial charge in [0.15, 0.2) is 0 Å². The van der Waals surface area contributed by atoms with Gasteiger partial charge in [-0.1, -0.05) is 37.1 Å². The third kappa shape index (κ3) is 7.23. The Bertz CT molecular complexity index is 1710. The van der Waals surface area contributed by atoms with E-state index in [9.17, 15) is 14.0 Å². The normalized spacial score (nSPS) is 16.3. The number of morpholine rings is 1. The summed E-state index contributed by atoms with van der Waals surface area (Å²) in [6.45, 7) is 4.20. The van der Waals surface area contributed by atoms with Crippen LogP contribution < -0.4 is 21.1 Å². The van der Waals surface area contributed by atoms with Gasteiger partial charge in [-0.2, -0.15) is 0 Å². The zero-order chi connectivity index (χ0) is 32.8. The molecule has 0 unspecified atom stereocenters. The van der Waals surface area contributed by atoms with Gasteiger partial charge in [0.2, 0.25) is 5.91 Å². The highest BCUT2D eigenvalue weighted by Gasteiger charge is 2.39. The van der Waals surface area contributed by atoms with E-state index >= 15 is 0 Å². The minimum atomic E-state index is -0.508. The fourth-order valence-electron chi connectivity index (χ4n) is 6.87. The smallest absolute Gasteiger partial charge is 0.255 e. The minimum Gasteiger partial charge on any atom is -0.496 e. The minimum absolute atomic E-state index is 0.0523. The van der Waals surface area contributed by atoms with Crippen molar-refractivity contribution in [3.63, 3.8) is 0 Å². The van der Waals surface area contributed by atoms with Gasteiger partial charge in [-0.05, 0) is 49.4 Å². The van der Waals surface area contributed by atoms with E-state index in [2.05, 4.69) is 24.9 Å². The predicted octanol–water partition coefficient (Wildman–Crippen LogP) is 4.10. The first-order valence-electron chi connectivity index (χ1n) is 16.3. The van der Waals surface area contributed by atoms with Crippen molar-refractivity contribution in [2.24, 2.45) is 0 Å². The van der Waals surface area contributed by atoms with Gasteiger partial charge in [0, 0.05) is 49.6 Å². The van der Waals surface area contributed by atoms with Crippen molar-refractivity contribution >= 4 is 23.1 Å². The Morgan fingerprint density at radius 2 is 1.85 bits per heavy atom. The molecule has 248 valence electrons. The van der Waals surface area contributed by atoms with Gasteiger partial charge < -0.3 is 25.8 Å². The number of nitrogen functional groups attached to an aromatic ring is 1. The van der Waals surface area contributed by atoms with E-state index in [1.54, 1.807) is 6.20 Å². The molecule has 0 bridgehead atoms. The molecule has 2 aromatic heterocycles. The summed E-state index contributed by atoms with van der Waals surface area (Å²) in [6, 6.07) is 11.6. The summed E-state index contributed by atoms with van der Waals surface area (Å²) in [7, 11) is 1.44. The quantitative estimate of drug-likeness (QED) is 0.197. The number of ether oxygens (including phenoxy) is 2. The van der Waals surface area contributed by atoms with Gasteiger partial charge in [0.1, 0.15) is 34.4 Å². The number of hydrogen-bond acceptors (Lipinski definition) is 8. The molecule has 1 saturated carbocycles. The van der Waals surface area contributed by atoms with Crippen molar-refractivity contribution in [3.8, 4) is 17.0 Å². The van der Waals surface area contributed by atoms with Crippen LogP contribution in [0.5, 0.6) is 5.75 Å². The van der Waals surface area contributed by atoms with Crippen LogP contribution in [0.4, 0.5) is 10.2 Å². The molecule has 0 radical (unpaired) electrons. The summed E-state index contributed by atoms with van der Waals surface area (Å²) in [5.41, 5.74) is 9.76. The summed E-state index contributed by atoms with van der Waals surface area (Å²) in [6.07, 6.45) is 9.68. The average molecular weight is 644 g/mol. The van der Waals surface area contributed by atoms with Crippen molar-refractivity contribution in [1.29, 1.82) is 0 Å². The summed E-state index contributed by atoms with van der Waals surface area (Å²) >= 11 is 0. The number of fused-ring (bicyclic) bond motifs is 1. The summed E-state index contributed by atoms with van der Waals surface area (Å²) in [5.74, 6) is 0.816. The number of rotatable bonds is 12. The maximum Gasteiger partial charge on any atom is 0.255 e. The zero-order valence-electron chi connectivity index (χ0n) is 26.8. The number of hydrogen-bond donors (Lipinski definition) is 3. The molecule has 47 heavy (non-hydrogen) atoms. The summed E-state index contributed by atoms with van der Waals surface area (Å²) < 4.78 is 26.5. The first kappa shape index (κ1) is 32.4. The fourth-order valence-corrected chi connectivity index (χ4v) is 6.87. The monoisotopic (exact) mass is 643 g/mol. The number of imidazole rings is 1. The van der Waals surface area contributed by atoms with Crippen molar-refractivity contribution in [2.45, 2.75) is 50.5 Å². The van der Waals surface area contributed by atoms with Crippen LogP contribution in [0.2, 0.25) is 0 Å². The maximum absolute atomic E-state index is 13.8. The Labute approximate surface area is 273 Å². The van der Waals surface area contributed by atoms with Crippen molar-refractivity contribution in [1.82, 2.24) is 29.9 Å². The molecule has 3 heterocycles. The molecule has 2 amide bonds. The van der Waals surface area contributed by atoms with E-state index in [0.29, 0.717) is 37.9 Å². The van der Waals surface area contributed by atoms with Crippen LogP contribution in [0, 0.1) is 5.82 Å². The maximum atomic E-state index is 13.8. The number of carbonyl (C=O) groups excluding carboxylic acids is 2. The lowest BCUT2D eigenvalue weighted by molar-refractivity contribution is -0.123. The molecule has 11 nitrogen and oxygen atoms in total. The number of amides is 2. The van der Waals surface area contributed by atoms with E-state index in [-0.39, 0.29) is 23.4 Å². The van der Waals surface area contributed by atoms with Gasteiger partial charge in [-0.25, -0.2) is 14.4 Å². The highest BCUT2D eigenvalue weighted by Crippen LogP contribution is 2.46. The number of methoxy groups -OCH3 is 1. The zero-order valence-corrected chi connectivity index (χ0v) is 26.8. The number of halogens is 1. The van der Waals surface area contributed by atoms with Gasteiger partial charge in [0.25, 0.3) is 5.91 Å². The first-order chi connectivity index (χ1) is 22.9. The molecule has 0 spiro atoms. The Balaban J connectivity index is 1.16. The van der Waals surface area contributed by atoms with Crippen LogP contribution in [0.3, 0.4) is 0 Å². The highest BCUT2D eigenvalue weighted by molar-refractivity contribution is 5.97. The Morgan fingerprint density at radius 3 is 2.60 bits per heavy atom. The molecule has 12 heteroatoms. The van der Waals surface area contributed by atoms with Crippen molar-refractivity contribution in [3.05, 3.63) is 77.6 Å². The van der Waals surface area contributed by atoms with Crippen LogP contribution in [-0.4, -0.2) is 77.6 Å². The third-order valence-electron chi connectivity index (χ3n) is 9.33. The molecule has 1 aliphatic heterocycles. The fraction of sp³-hybridized carbons (Fsp3) is 0.429. The lowest BCUT2D eigenvalue weighted by Gasteiger charge is -2.28. The standard InChI is InChI=1S/C35H42FN7O4/c1-46-28-10-9-26(36)21-27(28)33(45)40-22-24-5-7-25(8-6-24)30-31-32(37)39-15-16-43(31)34(41-30)35(11-2-3-12-35)13-4-14-38-29(44)23-42-17-19-47-20-18-42/h5-10,15-16,21H,2-4,11-14,17-20,22-23H2,1H3,(H2,37,39)(H,38,44)(H,40,45). The number of aromatic nitrogens is 3. The molecule has 2 fully saturated rings. The second-order valence-electron chi connectivity index (χ2n) is 12.4. The first-order valence-corrected chi connectivity index (χ1v) is 16.3. The topological polar surface area (TPSA) is 136 Å². The second kappa shape index (κ2) is 14.5. The third-order valence-corrected chi connectivity index (χ3v) is 9.33. The number of carbonyl (C=O) groups is 2. The summed E-state index contributed by atoms with van der Waals surface area (Å²) in [5, 5.41) is 5.96. The van der Waals surface area contributed by atoms with Crippen molar-refractivity contribution < 1.29 is 23.5 Å². The largest absolute Gasteiger partial charge is 0.496 e. The van der Waals surface area contributed by atoms with Crippen LogP contribution in [0.1, 0.15) is 60.3 Å². The van der Waals surface area contributed by atoms with Crippen LogP contribution in [0.25, 0.3) is 16.8 Å². The van der Waals surface area contributed by atoms with Gasteiger partial charge >= 0.3 is 0 Å². The molecule has 2 aromatic carbocycles. The Morgan fingerprint density at radius 1 is 1.09 bits per heavy atom. The number of nitrogens with zero attached hydrogens (tertiary/aromatic N) is 4. The molecule has 1 saturated heterocycles. The lowest BCUT2D eigenvalue weighted by Crippen LogP contribution is -2.43. The van der Waals surface area contributed by atoms with Crippen LogP contribution in [0.15, 0.2) is 54.9 Å². The average Bonchev–Trinajstić information content (AvgIpc) is 3.73. The van der Waals surface area contributed by atoms with E-state index < -0.39 is 11.7 Å². The second-order valence-corrected chi connectivity index (χ2v) is 12.4. The Kier molecular flexibility index (Phi) is 9.98. The molecule has 0 atom stereocenters. The van der Waals surface area contributed by atoms with E-state index in [1.165, 1.54) is 19.2 Å². The number of anilines is 1. The molecule has 4 N–H and O–H groups in total.